The third-order valence-electron chi connectivity index (χ3n) is 3.68. The average Bonchev–Trinajstić information content (AvgIpc) is 2.90. The number of nitrogens with zero attached hydrogens (tertiary/aromatic N) is 3. The van der Waals surface area contributed by atoms with E-state index >= 15 is 0 Å². The van der Waals surface area contributed by atoms with Gasteiger partial charge in [-0.05, 0) is 18.2 Å². The van der Waals surface area contributed by atoms with Crippen molar-refractivity contribution in [2.75, 3.05) is 19.5 Å². The SMILES string of the molecule is COc1ccnc(OC)c1-c1cc2cc(NC=O)ncc2n1C. The first kappa shape index (κ1) is 14.8. The molecule has 7 nitrogen and oxygen atoms in total. The molecule has 7 heteroatoms. The molecular formula is C16H16N4O3. The van der Waals surface area contributed by atoms with E-state index in [2.05, 4.69) is 15.3 Å². The number of nitrogens with one attached hydrogen (secondary N) is 1. The highest BCUT2D eigenvalue weighted by atomic mass is 16.5. The number of anilines is 1. The van der Waals surface area contributed by atoms with Gasteiger partial charge in [0.15, 0.2) is 0 Å². The third kappa shape index (κ3) is 2.46. The lowest BCUT2D eigenvalue weighted by Gasteiger charge is -2.12. The molecule has 0 aliphatic heterocycles. The summed E-state index contributed by atoms with van der Waals surface area (Å²) >= 11 is 0. The quantitative estimate of drug-likeness (QED) is 0.731. The minimum absolute atomic E-state index is 0.481. The molecule has 0 aliphatic carbocycles. The van der Waals surface area contributed by atoms with Gasteiger partial charge < -0.3 is 19.4 Å². The van der Waals surface area contributed by atoms with Gasteiger partial charge in [0.2, 0.25) is 12.3 Å². The summed E-state index contributed by atoms with van der Waals surface area (Å²) in [5.41, 5.74) is 2.57. The fraction of sp³-hybridized carbons (Fsp3) is 0.188. The van der Waals surface area contributed by atoms with E-state index in [0.29, 0.717) is 23.9 Å². The molecule has 3 aromatic heterocycles. The van der Waals surface area contributed by atoms with Crippen LogP contribution in [-0.4, -0.2) is 35.2 Å². The van der Waals surface area contributed by atoms with Crippen molar-refractivity contribution in [3.8, 4) is 22.9 Å². The predicted molar refractivity (Wildman–Crippen MR) is 86.7 cm³/mol. The zero-order valence-corrected chi connectivity index (χ0v) is 13.0. The highest BCUT2D eigenvalue weighted by Crippen LogP contribution is 2.39. The lowest BCUT2D eigenvalue weighted by atomic mass is 10.1. The summed E-state index contributed by atoms with van der Waals surface area (Å²) in [6.07, 6.45) is 3.95. The molecule has 3 heterocycles. The average molecular weight is 312 g/mol. The van der Waals surface area contributed by atoms with Gasteiger partial charge in [-0.25, -0.2) is 9.97 Å². The Bertz CT molecular complexity index is 851. The van der Waals surface area contributed by atoms with Crippen LogP contribution in [0.3, 0.4) is 0 Å². The van der Waals surface area contributed by atoms with Crippen LogP contribution < -0.4 is 14.8 Å². The van der Waals surface area contributed by atoms with Crippen LogP contribution in [0.4, 0.5) is 5.82 Å². The molecule has 3 rings (SSSR count). The maximum atomic E-state index is 10.6. The topological polar surface area (TPSA) is 78.3 Å². The van der Waals surface area contributed by atoms with E-state index in [1.165, 1.54) is 0 Å². The summed E-state index contributed by atoms with van der Waals surface area (Å²) in [4.78, 5) is 19.0. The Morgan fingerprint density at radius 3 is 2.74 bits per heavy atom. The number of fused-ring (bicyclic) bond motifs is 1. The van der Waals surface area contributed by atoms with Crippen LogP contribution in [0, 0.1) is 0 Å². The number of hydrogen-bond donors (Lipinski definition) is 1. The van der Waals surface area contributed by atoms with Gasteiger partial charge in [-0.15, -0.1) is 0 Å². The molecule has 0 fully saturated rings. The van der Waals surface area contributed by atoms with Crippen molar-refractivity contribution in [2.45, 2.75) is 0 Å². The number of rotatable bonds is 5. The smallest absolute Gasteiger partial charge is 0.226 e. The van der Waals surface area contributed by atoms with Gasteiger partial charge >= 0.3 is 0 Å². The van der Waals surface area contributed by atoms with E-state index in [4.69, 9.17) is 9.47 Å². The highest BCUT2D eigenvalue weighted by molar-refractivity contribution is 5.91. The van der Waals surface area contributed by atoms with E-state index in [0.717, 1.165) is 22.2 Å². The summed E-state index contributed by atoms with van der Waals surface area (Å²) in [6, 6.07) is 5.57. The van der Waals surface area contributed by atoms with Crippen LogP contribution in [0.5, 0.6) is 11.6 Å². The number of amides is 1. The molecule has 3 aromatic rings. The third-order valence-corrected chi connectivity index (χ3v) is 3.68. The van der Waals surface area contributed by atoms with Crippen LogP contribution in [-0.2, 0) is 11.8 Å². The number of carbonyl (C=O) groups is 1. The molecule has 1 N–H and O–H groups in total. The van der Waals surface area contributed by atoms with Crippen molar-refractivity contribution in [2.24, 2.45) is 7.05 Å². The maximum Gasteiger partial charge on any atom is 0.226 e. The van der Waals surface area contributed by atoms with Crippen LogP contribution in [0.1, 0.15) is 0 Å². The summed E-state index contributed by atoms with van der Waals surface area (Å²) in [7, 11) is 5.11. The second kappa shape index (κ2) is 5.96. The van der Waals surface area contributed by atoms with Crippen LogP contribution in [0.15, 0.2) is 30.6 Å². The summed E-state index contributed by atoms with van der Waals surface area (Å²) in [5, 5.41) is 3.49. The van der Waals surface area contributed by atoms with Crippen molar-refractivity contribution in [1.29, 1.82) is 0 Å². The fourth-order valence-corrected chi connectivity index (χ4v) is 2.60. The molecule has 118 valence electrons. The molecule has 0 saturated carbocycles. The Kier molecular flexibility index (Phi) is 3.84. The second-order valence-corrected chi connectivity index (χ2v) is 4.88. The minimum atomic E-state index is 0.481. The molecule has 0 radical (unpaired) electrons. The Balaban J connectivity index is 2.25. The van der Waals surface area contributed by atoms with E-state index in [9.17, 15) is 4.79 Å². The van der Waals surface area contributed by atoms with Crippen molar-refractivity contribution in [3.05, 3.63) is 30.6 Å². The fourth-order valence-electron chi connectivity index (χ4n) is 2.60. The van der Waals surface area contributed by atoms with Gasteiger partial charge in [0.05, 0.1) is 31.6 Å². The van der Waals surface area contributed by atoms with Crippen molar-refractivity contribution in [1.82, 2.24) is 14.5 Å². The number of aryl methyl sites for hydroxylation is 1. The lowest BCUT2D eigenvalue weighted by molar-refractivity contribution is -0.105. The minimum Gasteiger partial charge on any atom is -0.496 e. The first-order valence-corrected chi connectivity index (χ1v) is 6.92. The Labute approximate surface area is 132 Å². The normalized spacial score (nSPS) is 10.6. The molecular weight excluding hydrogens is 296 g/mol. The van der Waals surface area contributed by atoms with Crippen molar-refractivity contribution < 1.29 is 14.3 Å². The Hall–Kier alpha value is -3.09. The molecule has 0 unspecified atom stereocenters. The molecule has 0 aromatic carbocycles. The molecule has 0 spiro atoms. The summed E-state index contributed by atoms with van der Waals surface area (Å²) < 4.78 is 12.8. The number of carbonyl (C=O) groups excluding carboxylic acids is 1. The zero-order valence-electron chi connectivity index (χ0n) is 13.0. The highest BCUT2D eigenvalue weighted by Gasteiger charge is 2.18. The molecule has 1 amide bonds. The van der Waals surface area contributed by atoms with E-state index in [1.807, 2.05) is 23.7 Å². The van der Waals surface area contributed by atoms with Gasteiger partial charge in [-0.3, -0.25) is 4.79 Å². The van der Waals surface area contributed by atoms with Gasteiger partial charge in [0.25, 0.3) is 0 Å². The van der Waals surface area contributed by atoms with E-state index < -0.39 is 0 Å². The first-order chi connectivity index (χ1) is 11.2. The summed E-state index contributed by atoms with van der Waals surface area (Å²) in [6.45, 7) is 0. The van der Waals surface area contributed by atoms with Crippen LogP contribution in [0.2, 0.25) is 0 Å². The summed E-state index contributed by atoms with van der Waals surface area (Å²) in [5.74, 6) is 1.64. The maximum absolute atomic E-state index is 10.6. The monoisotopic (exact) mass is 312 g/mol. The Morgan fingerprint density at radius 1 is 1.22 bits per heavy atom. The Morgan fingerprint density at radius 2 is 2.04 bits per heavy atom. The number of hydrogen-bond acceptors (Lipinski definition) is 5. The number of ether oxygens (including phenoxy) is 2. The largest absolute Gasteiger partial charge is 0.496 e. The van der Waals surface area contributed by atoms with E-state index in [1.54, 1.807) is 32.7 Å². The number of pyridine rings is 2. The molecule has 0 aliphatic rings. The van der Waals surface area contributed by atoms with Gasteiger partial charge in [0.1, 0.15) is 17.1 Å². The molecule has 0 bridgehead atoms. The molecule has 23 heavy (non-hydrogen) atoms. The number of methoxy groups -OCH3 is 2. The van der Waals surface area contributed by atoms with Crippen molar-refractivity contribution >= 4 is 23.1 Å². The number of aromatic nitrogens is 3. The first-order valence-electron chi connectivity index (χ1n) is 6.92. The lowest BCUT2D eigenvalue weighted by Crippen LogP contribution is -1.99. The standard InChI is InChI=1S/C16H16N4O3/c1-20-11(15-13(22-2)4-5-17-16(15)23-3)6-10-7-14(19-9-21)18-8-12(10)20/h4-9H,1-3H3,(H,18,19,21). The van der Waals surface area contributed by atoms with Gasteiger partial charge in [-0.1, -0.05) is 0 Å². The molecule has 0 atom stereocenters. The van der Waals surface area contributed by atoms with Gasteiger partial charge in [0, 0.05) is 18.6 Å². The van der Waals surface area contributed by atoms with Crippen molar-refractivity contribution in [3.63, 3.8) is 0 Å². The zero-order chi connectivity index (χ0) is 16.4. The predicted octanol–water partition coefficient (Wildman–Crippen LogP) is 2.22. The molecule has 0 saturated heterocycles. The van der Waals surface area contributed by atoms with Crippen LogP contribution in [0.25, 0.3) is 22.2 Å². The second-order valence-electron chi connectivity index (χ2n) is 4.88. The van der Waals surface area contributed by atoms with E-state index in [-0.39, 0.29) is 0 Å². The van der Waals surface area contributed by atoms with Gasteiger partial charge in [-0.2, -0.15) is 0 Å². The van der Waals surface area contributed by atoms with Crippen LogP contribution >= 0.6 is 0 Å².